The van der Waals surface area contributed by atoms with Crippen LogP contribution >= 0.6 is 0 Å². The second-order valence-electron chi connectivity index (χ2n) is 7.93. The molecule has 0 aliphatic heterocycles. The molecule has 0 spiro atoms. The van der Waals surface area contributed by atoms with E-state index in [1.807, 2.05) is 0 Å². The molecule has 1 aliphatic carbocycles. The van der Waals surface area contributed by atoms with Crippen LogP contribution in [0.3, 0.4) is 0 Å². The maximum Gasteiger partial charge on any atom is 0.119 e. The maximum absolute atomic E-state index is 9.67. The molecular weight excluding hydrogens is 320 g/mol. The van der Waals surface area contributed by atoms with Crippen LogP contribution in [0.2, 0.25) is 0 Å². The van der Waals surface area contributed by atoms with Gasteiger partial charge in [0.1, 0.15) is 11.5 Å². The summed E-state index contributed by atoms with van der Waals surface area (Å²) in [7, 11) is 0. The molecule has 0 atom stereocenters. The number of unbranched alkanes of at least 4 members (excludes halogenated alkanes) is 3. The predicted octanol–water partition coefficient (Wildman–Crippen LogP) is 7.01. The molecule has 0 saturated heterocycles. The van der Waals surface area contributed by atoms with Gasteiger partial charge in [-0.2, -0.15) is 0 Å². The van der Waals surface area contributed by atoms with E-state index < -0.39 is 0 Å². The van der Waals surface area contributed by atoms with Crippen LogP contribution in [-0.2, 0) is 0 Å². The Morgan fingerprint density at radius 2 is 1.42 bits per heavy atom. The van der Waals surface area contributed by atoms with E-state index in [0.717, 1.165) is 17.0 Å². The Hall–Kier alpha value is -1.96. The molecule has 2 heteroatoms. The molecule has 0 bridgehead atoms. The molecule has 1 fully saturated rings. The van der Waals surface area contributed by atoms with E-state index in [4.69, 9.17) is 0 Å². The SMILES string of the molecule is CCCCCCC1CCC(c2ccc(-c3cc(O)cc(O)c3)cc2)CC1. The van der Waals surface area contributed by atoms with E-state index in [-0.39, 0.29) is 11.5 Å². The van der Waals surface area contributed by atoms with Crippen molar-refractivity contribution in [3.63, 3.8) is 0 Å². The minimum atomic E-state index is 0.0985. The standard InChI is InChI=1S/C24H32O2/c1-2-3-4-5-6-18-7-9-19(10-8-18)20-11-13-21(14-12-20)22-15-23(25)17-24(26)16-22/h11-19,25-26H,2-10H2,1H3. The molecule has 0 unspecified atom stereocenters. The molecule has 1 aliphatic rings. The van der Waals surface area contributed by atoms with Gasteiger partial charge in [-0.05, 0) is 66.3 Å². The fourth-order valence-electron chi connectivity index (χ4n) is 4.35. The second kappa shape index (κ2) is 9.12. The van der Waals surface area contributed by atoms with Gasteiger partial charge < -0.3 is 10.2 Å². The van der Waals surface area contributed by atoms with Gasteiger partial charge >= 0.3 is 0 Å². The van der Waals surface area contributed by atoms with E-state index in [1.54, 1.807) is 12.1 Å². The van der Waals surface area contributed by atoms with E-state index in [1.165, 1.54) is 69.4 Å². The third-order valence-electron chi connectivity index (χ3n) is 5.93. The van der Waals surface area contributed by atoms with Crippen molar-refractivity contribution in [2.45, 2.75) is 70.6 Å². The molecule has 2 N–H and O–H groups in total. The Kier molecular flexibility index (Phi) is 6.60. The highest BCUT2D eigenvalue weighted by atomic mass is 16.3. The molecule has 26 heavy (non-hydrogen) atoms. The average molecular weight is 353 g/mol. The molecule has 0 heterocycles. The first-order valence-corrected chi connectivity index (χ1v) is 10.3. The lowest BCUT2D eigenvalue weighted by Crippen LogP contribution is -2.13. The van der Waals surface area contributed by atoms with E-state index in [0.29, 0.717) is 5.92 Å². The summed E-state index contributed by atoms with van der Waals surface area (Å²) in [4.78, 5) is 0. The van der Waals surface area contributed by atoms with Crippen LogP contribution in [-0.4, -0.2) is 10.2 Å². The Labute approximate surface area is 157 Å². The lowest BCUT2D eigenvalue weighted by atomic mass is 9.77. The lowest BCUT2D eigenvalue weighted by Gasteiger charge is -2.29. The van der Waals surface area contributed by atoms with Gasteiger partial charge in [-0.1, -0.05) is 63.3 Å². The van der Waals surface area contributed by atoms with Crippen molar-refractivity contribution in [1.29, 1.82) is 0 Å². The molecule has 2 nitrogen and oxygen atoms in total. The van der Waals surface area contributed by atoms with Crippen LogP contribution < -0.4 is 0 Å². The van der Waals surface area contributed by atoms with E-state index in [9.17, 15) is 10.2 Å². The highest BCUT2D eigenvalue weighted by Gasteiger charge is 2.22. The summed E-state index contributed by atoms with van der Waals surface area (Å²) in [5, 5.41) is 19.3. The fraction of sp³-hybridized carbons (Fsp3) is 0.500. The number of hydrogen-bond donors (Lipinski definition) is 2. The smallest absolute Gasteiger partial charge is 0.119 e. The molecule has 2 aromatic rings. The van der Waals surface area contributed by atoms with Crippen LogP contribution in [0.4, 0.5) is 0 Å². The average Bonchev–Trinajstić information content (AvgIpc) is 2.65. The zero-order valence-corrected chi connectivity index (χ0v) is 16.0. The minimum absolute atomic E-state index is 0.0985. The van der Waals surface area contributed by atoms with Gasteiger partial charge in [0.15, 0.2) is 0 Å². The summed E-state index contributed by atoms with van der Waals surface area (Å²) in [5.41, 5.74) is 3.32. The minimum Gasteiger partial charge on any atom is -0.508 e. The number of hydrogen-bond acceptors (Lipinski definition) is 2. The normalized spacial score (nSPS) is 20.2. The largest absolute Gasteiger partial charge is 0.508 e. The number of benzene rings is 2. The van der Waals surface area contributed by atoms with Crippen molar-refractivity contribution < 1.29 is 10.2 Å². The molecule has 1 saturated carbocycles. The first-order chi connectivity index (χ1) is 12.7. The van der Waals surface area contributed by atoms with Gasteiger partial charge in [-0.15, -0.1) is 0 Å². The monoisotopic (exact) mass is 352 g/mol. The molecule has 0 aromatic heterocycles. The van der Waals surface area contributed by atoms with Crippen LogP contribution in [0, 0.1) is 5.92 Å². The van der Waals surface area contributed by atoms with Gasteiger partial charge in [-0.25, -0.2) is 0 Å². The molecule has 2 aromatic carbocycles. The zero-order valence-electron chi connectivity index (χ0n) is 16.0. The van der Waals surface area contributed by atoms with Gasteiger partial charge in [0.05, 0.1) is 0 Å². The van der Waals surface area contributed by atoms with Crippen molar-refractivity contribution in [2.75, 3.05) is 0 Å². The van der Waals surface area contributed by atoms with Crippen LogP contribution in [0.1, 0.15) is 76.2 Å². The summed E-state index contributed by atoms with van der Waals surface area (Å²) in [6.07, 6.45) is 12.3. The first kappa shape index (κ1) is 18.8. The fourth-order valence-corrected chi connectivity index (χ4v) is 4.35. The van der Waals surface area contributed by atoms with E-state index >= 15 is 0 Å². The van der Waals surface area contributed by atoms with Crippen LogP contribution in [0.5, 0.6) is 11.5 Å². The summed E-state index contributed by atoms with van der Waals surface area (Å²) in [6.45, 7) is 2.28. The highest BCUT2D eigenvalue weighted by Crippen LogP contribution is 2.38. The summed E-state index contributed by atoms with van der Waals surface area (Å²) in [6, 6.07) is 13.4. The molecule has 140 valence electrons. The Bertz CT molecular complexity index is 662. The third kappa shape index (κ3) is 5.03. The number of rotatable bonds is 7. The number of aromatic hydroxyl groups is 2. The van der Waals surface area contributed by atoms with Gasteiger partial charge in [0.2, 0.25) is 0 Å². The third-order valence-corrected chi connectivity index (χ3v) is 5.93. The van der Waals surface area contributed by atoms with Gasteiger partial charge in [-0.3, -0.25) is 0 Å². The highest BCUT2D eigenvalue weighted by molar-refractivity contribution is 5.67. The van der Waals surface area contributed by atoms with E-state index in [2.05, 4.69) is 31.2 Å². The number of phenols is 2. The molecule has 3 rings (SSSR count). The second-order valence-corrected chi connectivity index (χ2v) is 7.93. The quantitative estimate of drug-likeness (QED) is 0.526. The maximum atomic E-state index is 9.67. The first-order valence-electron chi connectivity index (χ1n) is 10.3. The molecular formula is C24H32O2. The van der Waals surface area contributed by atoms with Crippen molar-refractivity contribution in [1.82, 2.24) is 0 Å². The topological polar surface area (TPSA) is 40.5 Å². The summed E-state index contributed by atoms with van der Waals surface area (Å²) < 4.78 is 0. The Morgan fingerprint density at radius 3 is 2.04 bits per heavy atom. The van der Waals surface area contributed by atoms with Crippen molar-refractivity contribution in [3.8, 4) is 22.6 Å². The van der Waals surface area contributed by atoms with Crippen molar-refractivity contribution >= 4 is 0 Å². The Morgan fingerprint density at radius 1 is 0.769 bits per heavy atom. The van der Waals surface area contributed by atoms with Crippen LogP contribution in [0.15, 0.2) is 42.5 Å². The predicted molar refractivity (Wildman–Crippen MR) is 109 cm³/mol. The summed E-state index contributed by atoms with van der Waals surface area (Å²) in [5.74, 6) is 1.83. The van der Waals surface area contributed by atoms with Gasteiger partial charge in [0.25, 0.3) is 0 Å². The van der Waals surface area contributed by atoms with Crippen molar-refractivity contribution in [2.24, 2.45) is 5.92 Å². The summed E-state index contributed by atoms with van der Waals surface area (Å²) >= 11 is 0. The number of phenolic OH excluding ortho intramolecular Hbond substituents is 2. The lowest BCUT2D eigenvalue weighted by molar-refractivity contribution is 0.302. The van der Waals surface area contributed by atoms with Crippen molar-refractivity contribution in [3.05, 3.63) is 48.0 Å². The van der Waals surface area contributed by atoms with Gasteiger partial charge in [0, 0.05) is 6.07 Å². The molecule has 0 amide bonds. The molecule has 0 radical (unpaired) electrons. The van der Waals surface area contributed by atoms with Crippen LogP contribution in [0.25, 0.3) is 11.1 Å². The zero-order chi connectivity index (χ0) is 18.4. The Balaban J connectivity index is 1.55.